The van der Waals surface area contributed by atoms with Gasteiger partial charge in [-0.25, -0.2) is 0 Å². The van der Waals surface area contributed by atoms with Crippen LogP contribution >= 0.6 is 11.3 Å². The van der Waals surface area contributed by atoms with E-state index in [-0.39, 0.29) is 5.91 Å². The summed E-state index contributed by atoms with van der Waals surface area (Å²) in [4.78, 5) is 14.9. The van der Waals surface area contributed by atoms with Gasteiger partial charge in [0.15, 0.2) is 0 Å². The molecular formula is C13H17NO2S. The molecule has 1 saturated heterocycles. The fourth-order valence-corrected chi connectivity index (χ4v) is 3.54. The maximum Gasteiger partial charge on any atom is 0.264 e. The molecule has 3 nitrogen and oxygen atoms in total. The van der Waals surface area contributed by atoms with Crippen LogP contribution in [0.4, 0.5) is 0 Å². The smallest absolute Gasteiger partial charge is 0.264 e. The van der Waals surface area contributed by atoms with Crippen LogP contribution in [0.3, 0.4) is 0 Å². The Labute approximate surface area is 105 Å². The molecule has 2 heterocycles. The zero-order chi connectivity index (χ0) is 12.0. The van der Waals surface area contributed by atoms with E-state index in [1.165, 1.54) is 11.3 Å². The van der Waals surface area contributed by atoms with Gasteiger partial charge in [-0.2, -0.15) is 0 Å². The highest BCUT2D eigenvalue weighted by atomic mass is 32.1. The number of carbonyl (C=O) groups is 1. The Bertz CT molecular complexity index is 444. The molecule has 0 unspecified atom stereocenters. The first kappa shape index (κ1) is 11.2. The topological polar surface area (TPSA) is 40.5 Å². The van der Waals surface area contributed by atoms with E-state index in [4.69, 9.17) is 0 Å². The van der Waals surface area contributed by atoms with E-state index < -0.39 is 5.60 Å². The fourth-order valence-electron chi connectivity index (χ4n) is 2.58. The van der Waals surface area contributed by atoms with Crippen LogP contribution < -0.4 is 0 Å². The normalized spacial score (nSPS) is 22.4. The van der Waals surface area contributed by atoms with Gasteiger partial charge < -0.3 is 10.0 Å². The molecule has 17 heavy (non-hydrogen) atoms. The first-order valence-corrected chi connectivity index (χ1v) is 7.10. The van der Waals surface area contributed by atoms with E-state index in [1.807, 2.05) is 11.4 Å². The minimum atomic E-state index is -0.570. The average molecular weight is 251 g/mol. The maximum absolute atomic E-state index is 12.2. The minimum absolute atomic E-state index is 0.0992. The number of hydrogen-bond donors (Lipinski definition) is 1. The number of thiophene rings is 1. The summed E-state index contributed by atoms with van der Waals surface area (Å²) in [5.74, 6) is 0.544. The molecule has 0 bridgehead atoms. The summed E-state index contributed by atoms with van der Waals surface area (Å²) < 4.78 is 0. The van der Waals surface area contributed by atoms with Crippen molar-refractivity contribution in [2.75, 3.05) is 13.1 Å². The molecule has 0 spiro atoms. The van der Waals surface area contributed by atoms with Gasteiger partial charge in [0, 0.05) is 0 Å². The third-order valence-electron chi connectivity index (χ3n) is 3.88. The van der Waals surface area contributed by atoms with Crippen LogP contribution in [0.2, 0.25) is 0 Å². The van der Waals surface area contributed by atoms with Crippen LogP contribution in [0, 0.1) is 5.92 Å². The average Bonchev–Trinajstić information content (AvgIpc) is 3.02. The Morgan fingerprint density at radius 3 is 2.88 bits per heavy atom. The molecule has 92 valence electrons. The minimum Gasteiger partial charge on any atom is -0.386 e. The lowest BCUT2D eigenvalue weighted by Crippen LogP contribution is -2.64. The van der Waals surface area contributed by atoms with Crippen molar-refractivity contribution in [2.45, 2.75) is 31.8 Å². The predicted octanol–water partition coefficient (Wildman–Crippen LogP) is 1.91. The van der Waals surface area contributed by atoms with Gasteiger partial charge in [-0.3, -0.25) is 4.79 Å². The molecule has 0 aromatic carbocycles. The molecule has 0 radical (unpaired) electrons. The zero-order valence-corrected chi connectivity index (χ0v) is 10.8. The first-order chi connectivity index (χ1) is 8.14. The summed E-state index contributed by atoms with van der Waals surface area (Å²) in [6.07, 6.45) is 3.14. The summed E-state index contributed by atoms with van der Waals surface area (Å²) in [5, 5.41) is 12.2. The van der Waals surface area contributed by atoms with Crippen molar-refractivity contribution in [1.29, 1.82) is 0 Å². The second kappa shape index (κ2) is 3.82. The van der Waals surface area contributed by atoms with Gasteiger partial charge in [-0.15, -0.1) is 11.3 Å². The zero-order valence-electron chi connectivity index (χ0n) is 9.98. The monoisotopic (exact) mass is 251 g/mol. The summed E-state index contributed by atoms with van der Waals surface area (Å²) in [7, 11) is 0. The molecule has 0 atom stereocenters. The molecule has 1 saturated carbocycles. The van der Waals surface area contributed by atoms with Crippen LogP contribution in [-0.2, 0) is 6.42 Å². The highest BCUT2D eigenvalue weighted by Crippen LogP contribution is 2.45. The Morgan fingerprint density at radius 2 is 2.29 bits per heavy atom. The number of aryl methyl sites for hydroxylation is 1. The molecule has 1 amide bonds. The number of β-amino-alcohol motifs (C(OH)–C–C–N with tert-alkyl or cyclic N) is 1. The van der Waals surface area contributed by atoms with E-state index in [1.54, 1.807) is 4.90 Å². The highest BCUT2D eigenvalue weighted by molar-refractivity contribution is 7.12. The van der Waals surface area contributed by atoms with E-state index >= 15 is 0 Å². The van der Waals surface area contributed by atoms with Crippen LogP contribution in [0.5, 0.6) is 0 Å². The van der Waals surface area contributed by atoms with Crippen LogP contribution in [-0.4, -0.2) is 34.6 Å². The van der Waals surface area contributed by atoms with E-state index in [2.05, 4.69) is 6.92 Å². The number of amides is 1. The van der Waals surface area contributed by atoms with Crippen molar-refractivity contribution in [3.8, 4) is 0 Å². The van der Waals surface area contributed by atoms with Crippen molar-refractivity contribution in [2.24, 2.45) is 5.92 Å². The predicted molar refractivity (Wildman–Crippen MR) is 67.3 cm³/mol. The van der Waals surface area contributed by atoms with Crippen LogP contribution in [0.1, 0.15) is 35.0 Å². The number of nitrogens with zero attached hydrogens (tertiary/aromatic N) is 1. The SMILES string of the molecule is CCc1ccsc1C(=O)N1CC(O)(C2CC2)C1. The number of rotatable bonds is 3. The summed E-state index contributed by atoms with van der Waals surface area (Å²) >= 11 is 1.51. The van der Waals surface area contributed by atoms with Gasteiger partial charge in [0.1, 0.15) is 5.60 Å². The Balaban J connectivity index is 1.69. The van der Waals surface area contributed by atoms with E-state index in [0.29, 0.717) is 19.0 Å². The molecule has 2 fully saturated rings. The van der Waals surface area contributed by atoms with Gasteiger partial charge in [-0.05, 0) is 42.2 Å². The number of carbonyl (C=O) groups excluding carboxylic acids is 1. The lowest BCUT2D eigenvalue weighted by molar-refractivity contribution is -0.0957. The molecule has 1 N–H and O–H groups in total. The molecule has 3 rings (SSSR count). The standard InChI is InChI=1S/C13H17NO2S/c1-2-9-5-6-17-11(9)12(15)14-7-13(16,8-14)10-3-4-10/h5-6,10,16H,2-4,7-8H2,1H3. The molecular weight excluding hydrogens is 234 g/mol. The van der Waals surface area contributed by atoms with Crippen molar-refractivity contribution >= 4 is 17.2 Å². The summed E-state index contributed by atoms with van der Waals surface area (Å²) in [6, 6.07) is 2.02. The van der Waals surface area contributed by atoms with Crippen LogP contribution in [0.25, 0.3) is 0 Å². The Kier molecular flexibility index (Phi) is 2.52. The fraction of sp³-hybridized carbons (Fsp3) is 0.615. The van der Waals surface area contributed by atoms with Crippen molar-refractivity contribution < 1.29 is 9.90 Å². The molecule has 1 aliphatic carbocycles. The highest BCUT2D eigenvalue weighted by Gasteiger charge is 2.53. The molecule has 1 aromatic rings. The van der Waals surface area contributed by atoms with Crippen LogP contribution in [0.15, 0.2) is 11.4 Å². The maximum atomic E-state index is 12.2. The van der Waals surface area contributed by atoms with E-state index in [0.717, 1.165) is 29.7 Å². The van der Waals surface area contributed by atoms with Crippen molar-refractivity contribution in [3.05, 3.63) is 21.9 Å². The number of likely N-dealkylation sites (tertiary alicyclic amines) is 1. The molecule has 1 aliphatic heterocycles. The number of hydrogen-bond acceptors (Lipinski definition) is 3. The number of aliphatic hydroxyl groups is 1. The van der Waals surface area contributed by atoms with Gasteiger partial charge in [0.2, 0.25) is 0 Å². The van der Waals surface area contributed by atoms with Crippen molar-refractivity contribution in [1.82, 2.24) is 4.90 Å². The lowest BCUT2D eigenvalue weighted by atomic mass is 9.88. The summed E-state index contributed by atoms with van der Waals surface area (Å²) in [6.45, 7) is 3.12. The molecule has 4 heteroatoms. The lowest BCUT2D eigenvalue weighted by Gasteiger charge is -2.46. The van der Waals surface area contributed by atoms with Crippen molar-refractivity contribution in [3.63, 3.8) is 0 Å². The van der Waals surface area contributed by atoms with Gasteiger partial charge in [-0.1, -0.05) is 6.92 Å². The molecule has 1 aromatic heterocycles. The third kappa shape index (κ3) is 1.79. The second-order valence-electron chi connectivity index (χ2n) is 5.17. The van der Waals surface area contributed by atoms with Gasteiger partial charge in [0.05, 0.1) is 18.0 Å². The second-order valence-corrected chi connectivity index (χ2v) is 6.08. The van der Waals surface area contributed by atoms with Gasteiger partial charge in [0.25, 0.3) is 5.91 Å². The Morgan fingerprint density at radius 1 is 1.59 bits per heavy atom. The Hall–Kier alpha value is -0.870. The van der Waals surface area contributed by atoms with Gasteiger partial charge >= 0.3 is 0 Å². The largest absolute Gasteiger partial charge is 0.386 e. The van der Waals surface area contributed by atoms with E-state index in [9.17, 15) is 9.90 Å². The molecule has 2 aliphatic rings. The summed E-state index contributed by atoms with van der Waals surface area (Å²) in [5.41, 5.74) is 0.557. The third-order valence-corrected chi connectivity index (χ3v) is 4.82. The quantitative estimate of drug-likeness (QED) is 0.891. The first-order valence-electron chi connectivity index (χ1n) is 6.22.